The molecule has 0 unspecified atom stereocenters. The molecule has 1 N–H and O–H groups in total. The van der Waals surface area contributed by atoms with Crippen molar-refractivity contribution in [3.63, 3.8) is 0 Å². The summed E-state index contributed by atoms with van der Waals surface area (Å²) in [5, 5.41) is 3.69. The van der Waals surface area contributed by atoms with Crippen LogP contribution < -0.4 is 10.1 Å². The molecule has 1 aliphatic carbocycles. The molecule has 122 valence electrons. The Labute approximate surface area is 147 Å². The molecule has 2 nitrogen and oxygen atoms in total. The molecular weight excluding hydrogens is 350 g/mol. The third-order valence-electron chi connectivity index (χ3n) is 4.38. The summed E-state index contributed by atoms with van der Waals surface area (Å²) in [6.45, 7) is 1.51. The van der Waals surface area contributed by atoms with E-state index < -0.39 is 0 Å². The van der Waals surface area contributed by atoms with E-state index in [0.717, 1.165) is 16.8 Å². The van der Waals surface area contributed by atoms with Gasteiger partial charge < -0.3 is 10.1 Å². The minimum Gasteiger partial charge on any atom is -0.489 e. The van der Waals surface area contributed by atoms with E-state index in [9.17, 15) is 0 Å². The summed E-state index contributed by atoms with van der Waals surface area (Å²) in [5.74, 6) is 0.920. The summed E-state index contributed by atoms with van der Waals surface area (Å²) in [4.78, 5) is 0. The molecular formula is C20H24BrNO. The lowest BCUT2D eigenvalue weighted by atomic mass is 9.95. The highest BCUT2D eigenvalue weighted by molar-refractivity contribution is 9.10. The largest absolute Gasteiger partial charge is 0.489 e. The zero-order chi connectivity index (χ0) is 15.9. The molecule has 0 atom stereocenters. The monoisotopic (exact) mass is 373 g/mol. The summed E-state index contributed by atoms with van der Waals surface area (Å²) in [6.07, 6.45) is 6.74. The Morgan fingerprint density at radius 3 is 2.52 bits per heavy atom. The van der Waals surface area contributed by atoms with Crippen LogP contribution in [0.4, 0.5) is 0 Å². The van der Waals surface area contributed by atoms with Gasteiger partial charge >= 0.3 is 0 Å². The summed E-state index contributed by atoms with van der Waals surface area (Å²) < 4.78 is 7.02. The van der Waals surface area contributed by atoms with Crippen LogP contribution in [0.5, 0.6) is 5.75 Å². The van der Waals surface area contributed by atoms with Gasteiger partial charge in [0, 0.05) is 17.1 Å². The average Bonchev–Trinajstić information content (AvgIpc) is 2.60. The van der Waals surface area contributed by atoms with E-state index in [4.69, 9.17) is 4.74 Å². The highest BCUT2D eigenvalue weighted by Gasteiger charge is 2.12. The van der Waals surface area contributed by atoms with Crippen molar-refractivity contribution in [1.29, 1.82) is 0 Å². The maximum Gasteiger partial charge on any atom is 0.121 e. The van der Waals surface area contributed by atoms with Crippen LogP contribution in [0.1, 0.15) is 43.2 Å². The fraction of sp³-hybridized carbons (Fsp3) is 0.400. The smallest absolute Gasteiger partial charge is 0.121 e. The molecule has 1 fully saturated rings. The summed E-state index contributed by atoms with van der Waals surface area (Å²) >= 11 is 3.60. The maximum absolute atomic E-state index is 5.95. The van der Waals surface area contributed by atoms with E-state index in [2.05, 4.69) is 45.5 Å². The molecule has 0 heterocycles. The van der Waals surface area contributed by atoms with E-state index in [1.807, 2.05) is 24.3 Å². The molecule has 2 aromatic carbocycles. The number of benzene rings is 2. The van der Waals surface area contributed by atoms with Crippen LogP contribution in [0.3, 0.4) is 0 Å². The predicted molar refractivity (Wildman–Crippen MR) is 98.6 cm³/mol. The van der Waals surface area contributed by atoms with Crippen LogP contribution in [0.25, 0.3) is 0 Å². The molecule has 3 rings (SSSR count). The van der Waals surface area contributed by atoms with E-state index in [1.54, 1.807) is 0 Å². The van der Waals surface area contributed by atoms with Crippen molar-refractivity contribution >= 4 is 15.9 Å². The van der Waals surface area contributed by atoms with Crippen molar-refractivity contribution in [2.45, 2.75) is 51.3 Å². The molecule has 1 aliphatic rings. The summed E-state index contributed by atoms with van der Waals surface area (Å²) in [7, 11) is 0. The van der Waals surface area contributed by atoms with Gasteiger partial charge in [-0.15, -0.1) is 0 Å². The number of hydrogen-bond acceptors (Lipinski definition) is 2. The fourth-order valence-corrected chi connectivity index (χ4v) is 3.64. The Bertz CT molecular complexity index is 608. The standard InChI is InChI=1S/C20H24BrNO/c21-18-11-17(14-22-19-9-5-2-6-10-19)12-20(13-18)23-15-16-7-3-1-4-8-16/h1,3-4,7-8,11-13,19,22H,2,5-6,9-10,14-15H2. The number of nitrogens with one attached hydrogen (secondary N) is 1. The lowest BCUT2D eigenvalue weighted by molar-refractivity contribution is 0.305. The first-order chi connectivity index (χ1) is 11.3. The highest BCUT2D eigenvalue weighted by atomic mass is 79.9. The van der Waals surface area contributed by atoms with Gasteiger partial charge in [0.15, 0.2) is 0 Å². The third kappa shape index (κ3) is 5.36. The van der Waals surface area contributed by atoms with Crippen LogP contribution in [0.2, 0.25) is 0 Å². The minimum absolute atomic E-state index is 0.604. The third-order valence-corrected chi connectivity index (χ3v) is 4.84. The molecule has 3 heteroatoms. The number of rotatable bonds is 6. The van der Waals surface area contributed by atoms with Gasteiger partial charge in [-0.25, -0.2) is 0 Å². The van der Waals surface area contributed by atoms with Gasteiger partial charge in [-0.05, 0) is 42.2 Å². The van der Waals surface area contributed by atoms with Gasteiger partial charge in [-0.2, -0.15) is 0 Å². The van der Waals surface area contributed by atoms with Gasteiger partial charge in [0.1, 0.15) is 12.4 Å². The number of ether oxygens (including phenoxy) is 1. The van der Waals surface area contributed by atoms with Gasteiger partial charge in [-0.3, -0.25) is 0 Å². The molecule has 0 aliphatic heterocycles. The second kappa shape index (κ2) is 8.51. The molecule has 2 aromatic rings. The molecule has 0 radical (unpaired) electrons. The van der Waals surface area contributed by atoms with E-state index >= 15 is 0 Å². The van der Waals surface area contributed by atoms with Crippen LogP contribution in [0.15, 0.2) is 53.0 Å². The Hall–Kier alpha value is -1.32. The zero-order valence-electron chi connectivity index (χ0n) is 13.4. The lowest BCUT2D eigenvalue weighted by Gasteiger charge is -2.23. The summed E-state index contributed by atoms with van der Waals surface area (Å²) in [6, 6.07) is 17.3. The first-order valence-electron chi connectivity index (χ1n) is 8.49. The molecule has 0 saturated heterocycles. The second-order valence-electron chi connectivity index (χ2n) is 6.29. The fourth-order valence-electron chi connectivity index (χ4n) is 3.12. The van der Waals surface area contributed by atoms with Crippen molar-refractivity contribution in [2.24, 2.45) is 0 Å². The predicted octanol–water partition coefficient (Wildman–Crippen LogP) is 5.45. The Morgan fingerprint density at radius 1 is 0.957 bits per heavy atom. The van der Waals surface area contributed by atoms with Gasteiger partial charge in [0.2, 0.25) is 0 Å². The number of hydrogen-bond donors (Lipinski definition) is 1. The highest BCUT2D eigenvalue weighted by Crippen LogP contribution is 2.23. The van der Waals surface area contributed by atoms with Crippen molar-refractivity contribution in [1.82, 2.24) is 5.32 Å². The average molecular weight is 374 g/mol. The SMILES string of the molecule is Brc1cc(CNC2CCCCC2)cc(OCc2ccccc2)c1. The molecule has 0 spiro atoms. The molecule has 0 aromatic heterocycles. The van der Waals surface area contributed by atoms with Crippen molar-refractivity contribution in [3.8, 4) is 5.75 Å². The van der Waals surface area contributed by atoms with Gasteiger partial charge in [-0.1, -0.05) is 65.5 Å². The zero-order valence-corrected chi connectivity index (χ0v) is 15.0. The molecule has 0 bridgehead atoms. The van der Waals surface area contributed by atoms with Crippen LogP contribution in [-0.4, -0.2) is 6.04 Å². The van der Waals surface area contributed by atoms with E-state index in [-0.39, 0.29) is 0 Å². The summed E-state index contributed by atoms with van der Waals surface area (Å²) in [5.41, 5.74) is 2.46. The lowest BCUT2D eigenvalue weighted by Crippen LogP contribution is -2.30. The van der Waals surface area contributed by atoms with Crippen LogP contribution >= 0.6 is 15.9 Å². The first-order valence-corrected chi connectivity index (χ1v) is 9.28. The normalized spacial score (nSPS) is 15.5. The topological polar surface area (TPSA) is 21.3 Å². The maximum atomic E-state index is 5.95. The quantitative estimate of drug-likeness (QED) is 0.726. The Kier molecular flexibility index (Phi) is 6.12. The van der Waals surface area contributed by atoms with E-state index in [1.165, 1.54) is 43.2 Å². The van der Waals surface area contributed by atoms with Crippen molar-refractivity contribution in [2.75, 3.05) is 0 Å². The van der Waals surface area contributed by atoms with Crippen molar-refractivity contribution in [3.05, 3.63) is 64.1 Å². The molecule has 23 heavy (non-hydrogen) atoms. The number of halogens is 1. The van der Waals surface area contributed by atoms with Crippen LogP contribution in [-0.2, 0) is 13.2 Å². The van der Waals surface area contributed by atoms with Crippen LogP contribution in [0, 0.1) is 0 Å². The second-order valence-corrected chi connectivity index (χ2v) is 7.20. The van der Waals surface area contributed by atoms with Gasteiger partial charge in [0.05, 0.1) is 0 Å². The van der Waals surface area contributed by atoms with Gasteiger partial charge in [0.25, 0.3) is 0 Å². The first kappa shape index (κ1) is 16.5. The molecule has 1 saturated carbocycles. The minimum atomic E-state index is 0.604. The Morgan fingerprint density at radius 2 is 1.74 bits per heavy atom. The Balaban J connectivity index is 1.57. The van der Waals surface area contributed by atoms with E-state index in [0.29, 0.717) is 12.6 Å². The van der Waals surface area contributed by atoms with Crippen molar-refractivity contribution < 1.29 is 4.74 Å². The molecule has 0 amide bonds.